The van der Waals surface area contributed by atoms with Crippen molar-refractivity contribution < 1.29 is 9.59 Å². The Balaban J connectivity index is 1.29. The Morgan fingerprint density at radius 2 is 1.61 bits per heavy atom. The van der Waals surface area contributed by atoms with Crippen LogP contribution in [-0.2, 0) is 24.2 Å². The van der Waals surface area contributed by atoms with Crippen LogP contribution in [0.25, 0.3) is 0 Å². The number of halogens is 1. The molecule has 6 rings (SSSR count). The highest BCUT2D eigenvalue weighted by atomic mass is 35.5. The molecule has 0 radical (unpaired) electrons. The summed E-state index contributed by atoms with van der Waals surface area (Å²) in [7, 11) is 2.08. The van der Waals surface area contributed by atoms with Gasteiger partial charge in [0.1, 0.15) is 0 Å². The average molecular weight is 707 g/mol. The second-order valence-electron chi connectivity index (χ2n) is 14.6. The summed E-state index contributed by atoms with van der Waals surface area (Å²) < 4.78 is 0. The Labute approximate surface area is 308 Å². The number of carbonyl (C=O) groups excluding carboxylic acids is 2. The highest BCUT2D eigenvalue weighted by Crippen LogP contribution is 2.28. The van der Waals surface area contributed by atoms with Gasteiger partial charge in [-0.15, -0.1) is 0 Å². The monoisotopic (exact) mass is 706 g/mol. The molecule has 0 aliphatic carbocycles. The maximum absolute atomic E-state index is 14.7. The molecule has 1 aromatic heterocycles. The van der Waals surface area contributed by atoms with Crippen molar-refractivity contribution >= 4 is 35.1 Å². The average Bonchev–Trinajstić information content (AvgIpc) is 3.15. The fourth-order valence-corrected chi connectivity index (χ4v) is 7.49. The largest absolute Gasteiger partial charge is 0.341 e. The van der Waals surface area contributed by atoms with Crippen LogP contribution < -0.4 is 9.80 Å². The first-order valence-electron chi connectivity index (χ1n) is 18.5. The molecule has 8 nitrogen and oxygen atoms in total. The maximum Gasteiger partial charge on any atom is 0.257 e. The molecule has 0 N–H and O–H groups in total. The number of benzene rings is 3. The second kappa shape index (κ2) is 17.3. The highest BCUT2D eigenvalue weighted by molar-refractivity contribution is 6.30. The predicted octanol–water partition coefficient (Wildman–Crippen LogP) is 7.54. The molecule has 1 fully saturated rings. The summed E-state index contributed by atoms with van der Waals surface area (Å²) in [6.07, 6.45) is 6.75. The van der Waals surface area contributed by atoms with Gasteiger partial charge in [-0.05, 0) is 86.0 Å². The molecular formula is C42H51ClN6O2. The maximum atomic E-state index is 14.7. The quantitative estimate of drug-likeness (QED) is 0.189. The molecule has 3 aromatic carbocycles. The minimum Gasteiger partial charge on any atom is -0.341 e. The van der Waals surface area contributed by atoms with E-state index in [4.69, 9.17) is 21.6 Å². The molecule has 1 saturated heterocycles. The molecule has 2 aliphatic rings. The number of amides is 2. The van der Waals surface area contributed by atoms with Crippen LogP contribution in [0.4, 0.5) is 11.6 Å². The smallest absolute Gasteiger partial charge is 0.257 e. The van der Waals surface area contributed by atoms with Crippen LogP contribution in [0.1, 0.15) is 72.3 Å². The first-order valence-corrected chi connectivity index (χ1v) is 18.9. The SMILES string of the molecule is CC(C)CC(=O)N1CCCN(C)CCN(C(=O)c2cnc(N3CCC(Cc4ccccc4)CC3)nc2Cc2cccc(Cl)c2)Cc2ccccc21. The summed E-state index contributed by atoms with van der Waals surface area (Å²) in [5.41, 5.74) is 5.41. The number of rotatable bonds is 8. The van der Waals surface area contributed by atoms with Crippen molar-refractivity contribution in [1.82, 2.24) is 19.8 Å². The van der Waals surface area contributed by atoms with E-state index in [0.717, 1.165) is 62.1 Å². The molecule has 2 aliphatic heterocycles. The van der Waals surface area contributed by atoms with Gasteiger partial charge in [-0.25, -0.2) is 9.97 Å². The van der Waals surface area contributed by atoms with Crippen molar-refractivity contribution in [2.45, 2.75) is 58.9 Å². The number of aromatic nitrogens is 2. The molecule has 4 aromatic rings. The molecule has 0 unspecified atom stereocenters. The van der Waals surface area contributed by atoms with Crippen molar-refractivity contribution in [3.63, 3.8) is 0 Å². The van der Waals surface area contributed by atoms with Gasteiger partial charge in [-0.3, -0.25) is 9.59 Å². The van der Waals surface area contributed by atoms with E-state index in [0.29, 0.717) is 67.2 Å². The molecule has 9 heteroatoms. The molecule has 0 bridgehead atoms. The number of nitrogens with zero attached hydrogens (tertiary/aromatic N) is 6. The standard InChI is InChI=1S/C42H51ClN6O2/c1-31(2)25-40(50)49-20-10-19-46(3)23-24-48(30-35-14-7-8-16-39(35)49)41(51)37-29-44-42(45-38(37)28-34-13-9-15-36(43)27-34)47-21-17-33(18-22-47)26-32-11-5-4-6-12-32/h4-9,11-16,27,29,31,33H,10,17-26,28,30H2,1-3H3. The van der Waals surface area contributed by atoms with Gasteiger partial charge in [-0.2, -0.15) is 0 Å². The van der Waals surface area contributed by atoms with E-state index in [-0.39, 0.29) is 17.7 Å². The van der Waals surface area contributed by atoms with Crippen molar-refractivity contribution in [1.29, 1.82) is 0 Å². The molecule has 0 saturated carbocycles. The van der Waals surface area contributed by atoms with Gasteiger partial charge >= 0.3 is 0 Å². The molecule has 2 amide bonds. The van der Waals surface area contributed by atoms with E-state index in [9.17, 15) is 9.59 Å². The van der Waals surface area contributed by atoms with Crippen LogP contribution in [0, 0.1) is 11.8 Å². The topological polar surface area (TPSA) is 72.9 Å². The highest BCUT2D eigenvalue weighted by Gasteiger charge is 2.28. The summed E-state index contributed by atoms with van der Waals surface area (Å²) in [6.45, 7) is 9.01. The lowest BCUT2D eigenvalue weighted by atomic mass is 9.90. The summed E-state index contributed by atoms with van der Waals surface area (Å²) in [5, 5.41) is 0.651. The Hall–Kier alpha value is -4.27. The lowest BCUT2D eigenvalue weighted by Crippen LogP contribution is -2.38. The summed E-state index contributed by atoms with van der Waals surface area (Å²) in [6, 6.07) is 26.5. The van der Waals surface area contributed by atoms with Gasteiger partial charge < -0.3 is 19.6 Å². The van der Waals surface area contributed by atoms with Gasteiger partial charge in [0.2, 0.25) is 11.9 Å². The lowest BCUT2D eigenvalue weighted by Gasteiger charge is -2.32. The fraction of sp³-hybridized carbons (Fsp3) is 0.429. The number of hydrogen-bond acceptors (Lipinski definition) is 6. The first-order chi connectivity index (χ1) is 24.7. The summed E-state index contributed by atoms with van der Waals surface area (Å²) in [4.78, 5) is 46.6. The van der Waals surface area contributed by atoms with Gasteiger partial charge in [0.15, 0.2) is 0 Å². The minimum absolute atomic E-state index is 0.109. The van der Waals surface area contributed by atoms with E-state index in [1.165, 1.54) is 5.56 Å². The van der Waals surface area contributed by atoms with Crippen LogP contribution in [0.3, 0.4) is 0 Å². The summed E-state index contributed by atoms with van der Waals surface area (Å²) >= 11 is 6.41. The van der Waals surface area contributed by atoms with Gasteiger partial charge in [-0.1, -0.05) is 86.1 Å². The predicted molar refractivity (Wildman–Crippen MR) is 206 cm³/mol. The van der Waals surface area contributed by atoms with Crippen LogP contribution >= 0.6 is 11.6 Å². The number of anilines is 2. The Kier molecular flexibility index (Phi) is 12.4. The lowest BCUT2D eigenvalue weighted by molar-refractivity contribution is -0.119. The van der Waals surface area contributed by atoms with Gasteiger partial charge in [0.25, 0.3) is 5.91 Å². The van der Waals surface area contributed by atoms with Crippen molar-refractivity contribution in [2.24, 2.45) is 11.8 Å². The van der Waals surface area contributed by atoms with Crippen LogP contribution in [-0.4, -0.2) is 77.9 Å². The normalized spacial score (nSPS) is 16.5. The number of likely N-dealkylation sites (N-methyl/N-ethyl adjacent to an activating group) is 1. The van der Waals surface area contributed by atoms with Gasteiger partial charge in [0.05, 0.1) is 11.3 Å². The van der Waals surface area contributed by atoms with Crippen molar-refractivity contribution in [2.75, 3.05) is 56.1 Å². The zero-order chi connectivity index (χ0) is 35.7. The summed E-state index contributed by atoms with van der Waals surface area (Å²) in [5.74, 6) is 1.56. The molecule has 51 heavy (non-hydrogen) atoms. The molecule has 3 heterocycles. The van der Waals surface area contributed by atoms with E-state index < -0.39 is 0 Å². The Morgan fingerprint density at radius 3 is 2.37 bits per heavy atom. The van der Waals surface area contributed by atoms with Crippen LogP contribution in [0.15, 0.2) is 85.1 Å². The fourth-order valence-electron chi connectivity index (χ4n) is 7.27. The van der Waals surface area contributed by atoms with E-state index >= 15 is 0 Å². The number of hydrogen-bond donors (Lipinski definition) is 0. The number of fused-ring (bicyclic) bond motifs is 1. The zero-order valence-electron chi connectivity index (χ0n) is 30.3. The first kappa shape index (κ1) is 36.5. The Bertz CT molecular complexity index is 1770. The van der Waals surface area contributed by atoms with E-state index in [2.05, 4.69) is 61.0 Å². The molecule has 268 valence electrons. The molecule has 0 atom stereocenters. The minimum atomic E-state index is -0.109. The number of para-hydroxylation sites is 1. The molecular weight excluding hydrogens is 656 g/mol. The van der Waals surface area contributed by atoms with Crippen molar-refractivity contribution in [3.8, 4) is 0 Å². The second-order valence-corrected chi connectivity index (χ2v) is 15.0. The zero-order valence-corrected chi connectivity index (χ0v) is 31.1. The van der Waals surface area contributed by atoms with Crippen LogP contribution in [0.5, 0.6) is 0 Å². The van der Waals surface area contributed by atoms with Crippen molar-refractivity contribution in [3.05, 3.63) is 118 Å². The molecule has 0 spiro atoms. The van der Waals surface area contributed by atoms with Crippen LogP contribution in [0.2, 0.25) is 5.02 Å². The third-order valence-corrected chi connectivity index (χ3v) is 10.3. The third-order valence-electron chi connectivity index (χ3n) is 10.1. The number of carbonyl (C=O) groups is 2. The Morgan fingerprint density at radius 1 is 0.863 bits per heavy atom. The van der Waals surface area contributed by atoms with E-state index in [1.54, 1.807) is 6.20 Å². The number of piperidine rings is 1. The third kappa shape index (κ3) is 9.75. The van der Waals surface area contributed by atoms with Gasteiger partial charge in [0, 0.05) is 69.0 Å². The van der Waals surface area contributed by atoms with E-state index in [1.807, 2.05) is 58.3 Å².